The standard InChI is InChI=1S/C18H19BrN2O3/c1-10(2)24-15-6-5-11(7-12(15)19)18-20-13-8-16(22-3)17(23-4)9-14(13)21-18/h5-10H,1-4H3,(H,20,21). The van der Waals surface area contributed by atoms with Gasteiger partial charge in [-0.05, 0) is 48.0 Å². The molecule has 0 saturated heterocycles. The lowest BCUT2D eigenvalue weighted by Crippen LogP contribution is -2.05. The number of aromatic nitrogens is 2. The first-order valence-electron chi connectivity index (χ1n) is 7.60. The molecule has 0 atom stereocenters. The number of nitrogens with one attached hydrogen (secondary N) is 1. The Bertz CT molecular complexity index is 833. The van der Waals surface area contributed by atoms with Gasteiger partial charge in [-0.25, -0.2) is 4.98 Å². The summed E-state index contributed by atoms with van der Waals surface area (Å²) < 4.78 is 17.3. The van der Waals surface area contributed by atoms with E-state index >= 15 is 0 Å². The third-order valence-corrected chi connectivity index (χ3v) is 4.17. The molecule has 0 aliphatic carbocycles. The molecule has 2 aromatic carbocycles. The van der Waals surface area contributed by atoms with Crippen LogP contribution in [-0.2, 0) is 0 Å². The van der Waals surface area contributed by atoms with E-state index in [1.54, 1.807) is 14.2 Å². The summed E-state index contributed by atoms with van der Waals surface area (Å²) in [6.45, 7) is 4.00. The molecule has 0 amide bonds. The summed E-state index contributed by atoms with van der Waals surface area (Å²) in [7, 11) is 3.23. The van der Waals surface area contributed by atoms with Gasteiger partial charge in [0, 0.05) is 17.7 Å². The van der Waals surface area contributed by atoms with Crippen LogP contribution >= 0.6 is 15.9 Å². The lowest BCUT2D eigenvalue weighted by molar-refractivity contribution is 0.241. The number of hydrogen-bond acceptors (Lipinski definition) is 4. The maximum Gasteiger partial charge on any atom is 0.163 e. The fourth-order valence-electron chi connectivity index (χ4n) is 2.47. The Hall–Kier alpha value is -2.21. The monoisotopic (exact) mass is 390 g/mol. The molecule has 1 heterocycles. The van der Waals surface area contributed by atoms with Crippen LogP contribution in [0.1, 0.15) is 13.8 Å². The molecule has 0 unspecified atom stereocenters. The minimum absolute atomic E-state index is 0.123. The number of nitrogens with zero attached hydrogens (tertiary/aromatic N) is 1. The zero-order valence-corrected chi connectivity index (χ0v) is 15.6. The van der Waals surface area contributed by atoms with Gasteiger partial charge in [0.1, 0.15) is 11.6 Å². The fraction of sp³-hybridized carbons (Fsp3) is 0.278. The van der Waals surface area contributed by atoms with Gasteiger partial charge in [0.2, 0.25) is 0 Å². The van der Waals surface area contributed by atoms with Crippen LogP contribution in [0.2, 0.25) is 0 Å². The number of methoxy groups -OCH3 is 2. The number of H-pyrrole nitrogens is 1. The summed E-state index contributed by atoms with van der Waals surface area (Å²) in [4.78, 5) is 7.96. The lowest BCUT2D eigenvalue weighted by Gasteiger charge is -2.11. The predicted molar refractivity (Wildman–Crippen MR) is 98.1 cm³/mol. The van der Waals surface area contributed by atoms with Crippen molar-refractivity contribution in [3.8, 4) is 28.6 Å². The van der Waals surface area contributed by atoms with Crippen molar-refractivity contribution in [2.45, 2.75) is 20.0 Å². The van der Waals surface area contributed by atoms with Crippen molar-refractivity contribution in [2.75, 3.05) is 14.2 Å². The second-order valence-electron chi connectivity index (χ2n) is 5.62. The molecule has 3 rings (SSSR count). The van der Waals surface area contributed by atoms with E-state index in [1.807, 2.05) is 44.2 Å². The summed E-state index contributed by atoms with van der Waals surface area (Å²) >= 11 is 3.56. The molecule has 0 spiro atoms. The molecule has 1 N–H and O–H groups in total. The van der Waals surface area contributed by atoms with E-state index in [1.165, 1.54) is 0 Å². The molecule has 0 aliphatic rings. The van der Waals surface area contributed by atoms with Crippen molar-refractivity contribution < 1.29 is 14.2 Å². The maximum atomic E-state index is 5.74. The number of benzene rings is 2. The zero-order chi connectivity index (χ0) is 17.3. The van der Waals surface area contributed by atoms with Crippen molar-refractivity contribution in [1.82, 2.24) is 9.97 Å². The number of imidazole rings is 1. The number of halogens is 1. The molecule has 0 aliphatic heterocycles. The number of ether oxygens (including phenoxy) is 3. The van der Waals surface area contributed by atoms with Gasteiger partial charge in [0.15, 0.2) is 11.5 Å². The van der Waals surface area contributed by atoms with E-state index in [0.29, 0.717) is 11.5 Å². The van der Waals surface area contributed by atoms with Crippen molar-refractivity contribution in [3.05, 3.63) is 34.8 Å². The molecule has 3 aromatic rings. The van der Waals surface area contributed by atoms with Gasteiger partial charge in [-0.15, -0.1) is 0 Å². The molecule has 6 heteroatoms. The van der Waals surface area contributed by atoms with Crippen molar-refractivity contribution in [2.24, 2.45) is 0 Å². The molecule has 24 heavy (non-hydrogen) atoms. The average molecular weight is 391 g/mol. The summed E-state index contributed by atoms with van der Waals surface area (Å²) in [5, 5.41) is 0. The minimum Gasteiger partial charge on any atom is -0.493 e. The van der Waals surface area contributed by atoms with Gasteiger partial charge in [-0.2, -0.15) is 0 Å². The number of aromatic amines is 1. The van der Waals surface area contributed by atoms with Crippen LogP contribution in [0.25, 0.3) is 22.4 Å². The Balaban J connectivity index is 2.01. The van der Waals surface area contributed by atoms with E-state index in [2.05, 4.69) is 25.9 Å². The maximum absolute atomic E-state index is 5.74. The van der Waals surface area contributed by atoms with Gasteiger partial charge in [0.25, 0.3) is 0 Å². The van der Waals surface area contributed by atoms with Crippen molar-refractivity contribution in [1.29, 1.82) is 0 Å². The quantitative estimate of drug-likeness (QED) is 0.679. The molecule has 0 fully saturated rings. The number of fused-ring (bicyclic) bond motifs is 1. The van der Waals surface area contributed by atoms with E-state index in [-0.39, 0.29) is 6.10 Å². The highest BCUT2D eigenvalue weighted by Crippen LogP contribution is 2.34. The van der Waals surface area contributed by atoms with E-state index in [0.717, 1.165) is 32.6 Å². The van der Waals surface area contributed by atoms with E-state index in [9.17, 15) is 0 Å². The van der Waals surface area contributed by atoms with Gasteiger partial charge in [-0.1, -0.05) is 0 Å². The Kier molecular flexibility index (Phi) is 4.66. The normalized spacial score (nSPS) is 11.1. The van der Waals surface area contributed by atoms with Crippen LogP contribution in [0.5, 0.6) is 17.2 Å². The van der Waals surface area contributed by atoms with Crippen LogP contribution in [0.3, 0.4) is 0 Å². The Labute approximate surface area is 149 Å². The second-order valence-corrected chi connectivity index (χ2v) is 6.48. The second kappa shape index (κ2) is 6.73. The van der Waals surface area contributed by atoms with Crippen LogP contribution in [-0.4, -0.2) is 30.3 Å². The fourth-order valence-corrected chi connectivity index (χ4v) is 2.94. The van der Waals surface area contributed by atoms with Gasteiger partial charge >= 0.3 is 0 Å². The van der Waals surface area contributed by atoms with E-state index < -0.39 is 0 Å². The number of rotatable bonds is 5. The van der Waals surface area contributed by atoms with Crippen molar-refractivity contribution >= 4 is 27.0 Å². The Morgan fingerprint density at radius 2 is 1.71 bits per heavy atom. The molecule has 126 valence electrons. The lowest BCUT2D eigenvalue weighted by atomic mass is 10.2. The number of hydrogen-bond donors (Lipinski definition) is 1. The van der Waals surface area contributed by atoms with Crippen LogP contribution in [0.15, 0.2) is 34.8 Å². The summed E-state index contributed by atoms with van der Waals surface area (Å²) in [5.41, 5.74) is 2.68. The van der Waals surface area contributed by atoms with Crippen LogP contribution < -0.4 is 14.2 Å². The smallest absolute Gasteiger partial charge is 0.163 e. The highest BCUT2D eigenvalue weighted by Gasteiger charge is 2.12. The van der Waals surface area contributed by atoms with Gasteiger partial charge in [-0.3, -0.25) is 0 Å². The summed E-state index contributed by atoms with van der Waals surface area (Å²) in [6.07, 6.45) is 0.123. The molecular formula is C18H19BrN2O3. The first-order valence-corrected chi connectivity index (χ1v) is 8.39. The highest BCUT2D eigenvalue weighted by molar-refractivity contribution is 9.10. The van der Waals surface area contributed by atoms with Gasteiger partial charge in [0.05, 0.1) is 35.8 Å². The zero-order valence-electron chi connectivity index (χ0n) is 14.0. The molecule has 0 bridgehead atoms. The van der Waals surface area contributed by atoms with Crippen LogP contribution in [0.4, 0.5) is 0 Å². The largest absolute Gasteiger partial charge is 0.493 e. The predicted octanol–water partition coefficient (Wildman–Crippen LogP) is 4.80. The first-order chi connectivity index (χ1) is 11.5. The summed E-state index contributed by atoms with van der Waals surface area (Å²) in [6, 6.07) is 9.65. The average Bonchev–Trinajstić information content (AvgIpc) is 2.97. The van der Waals surface area contributed by atoms with E-state index in [4.69, 9.17) is 14.2 Å². The summed E-state index contributed by atoms with van der Waals surface area (Å²) in [5.74, 6) is 2.91. The van der Waals surface area contributed by atoms with Crippen LogP contribution in [0, 0.1) is 0 Å². The minimum atomic E-state index is 0.123. The molecular weight excluding hydrogens is 372 g/mol. The third kappa shape index (κ3) is 3.19. The molecule has 5 nitrogen and oxygen atoms in total. The third-order valence-electron chi connectivity index (χ3n) is 3.56. The molecule has 0 saturated carbocycles. The van der Waals surface area contributed by atoms with Crippen molar-refractivity contribution in [3.63, 3.8) is 0 Å². The first kappa shape index (κ1) is 16.6. The highest BCUT2D eigenvalue weighted by atomic mass is 79.9. The van der Waals surface area contributed by atoms with Gasteiger partial charge < -0.3 is 19.2 Å². The molecule has 1 aromatic heterocycles. The molecule has 0 radical (unpaired) electrons. The Morgan fingerprint density at radius 1 is 1.00 bits per heavy atom. The topological polar surface area (TPSA) is 56.4 Å². The SMILES string of the molecule is COc1cc2nc(-c3ccc(OC(C)C)c(Br)c3)[nH]c2cc1OC. The Morgan fingerprint density at radius 3 is 2.33 bits per heavy atom.